The minimum atomic E-state index is -0.839. The zero-order valence-corrected chi connectivity index (χ0v) is 16.7. The Morgan fingerprint density at radius 3 is 2.55 bits per heavy atom. The predicted molar refractivity (Wildman–Crippen MR) is 111 cm³/mol. The number of anilines is 1. The molecule has 1 unspecified atom stereocenters. The van der Waals surface area contributed by atoms with Crippen molar-refractivity contribution >= 4 is 51.5 Å². The number of benzene rings is 2. The quantitative estimate of drug-likeness (QED) is 0.639. The van der Waals surface area contributed by atoms with Crippen molar-refractivity contribution in [1.29, 1.82) is 0 Å². The number of hydrogen-bond donors (Lipinski definition) is 2. The van der Waals surface area contributed by atoms with Crippen molar-refractivity contribution in [3.8, 4) is 0 Å². The summed E-state index contributed by atoms with van der Waals surface area (Å²) >= 11 is 11.9. The second kappa shape index (κ2) is 8.23. The van der Waals surface area contributed by atoms with Crippen LogP contribution in [0.2, 0.25) is 10.0 Å². The van der Waals surface area contributed by atoms with E-state index in [1.54, 1.807) is 6.07 Å². The molecule has 0 radical (unpaired) electrons. The molecule has 3 rings (SSSR count). The Morgan fingerprint density at radius 1 is 1.17 bits per heavy atom. The molecule has 2 amide bonds. The molecule has 1 atom stereocenters. The van der Waals surface area contributed by atoms with Gasteiger partial charge in [-0.25, -0.2) is 4.39 Å². The van der Waals surface area contributed by atoms with E-state index in [0.717, 1.165) is 6.07 Å². The van der Waals surface area contributed by atoms with Crippen molar-refractivity contribution in [1.82, 2.24) is 4.57 Å². The van der Waals surface area contributed by atoms with Crippen LogP contribution in [0, 0.1) is 5.82 Å². The Balaban J connectivity index is 1.97. The third kappa shape index (κ3) is 4.26. The van der Waals surface area contributed by atoms with Crippen molar-refractivity contribution in [2.75, 3.05) is 5.32 Å². The largest absolute Gasteiger partial charge is 0.368 e. The maximum absolute atomic E-state index is 13.9. The first kappa shape index (κ1) is 20.8. The molecule has 3 N–H and O–H groups in total. The molecule has 0 saturated carbocycles. The van der Waals surface area contributed by atoms with E-state index in [4.69, 9.17) is 28.9 Å². The average molecular weight is 436 g/mol. The molecule has 3 aromatic rings. The van der Waals surface area contributed by atoms with E-state index in [1.807, 2.05) is 0 Å². The zero-order chi connectivity index (χ0) is 21.3. The van der Waals surface area contributed by atoms with E-state index in [2.05, 4.69) is 5.32 Å². The Kier molecular flexibility index (Phi) is 5.91. The number of hydrogen-bond acceptors (Lipinski definition) is 3. The first-order chi connectivity index (χ1) is 13.7. The topological polar surface area (TPSA) is 94.2 Å². The monoisotopic (exact) mass is 435 g/mol. The van der Waals surface area contributed by atoms with E-state index < -0.39 is 29.2 Å². The van der Waals surface area contributed by atoms with Crippen molar-refractivity contribution < 1.29 is 14.0 Å². The van der Waals surface area contributed by atoms with Crippen LogP contribution >= 0.6 is 23.2 Å². The average Bonchev–Trinajstić information content (AvgIpc) is 2.66. The van der Waals surface area contributed by atoms with Gasteiger partial charge in [-0.1, -0.05) is 29.3 Å². The maximum atomic E-state index is 13.9. The highest BCUT2D eigenvalue weighted by Gasteiger charge is 2.18. The van der Waals surface area contributed by atoms with Crippen LogP contribution in [-0.4, -0.2) is 16.4 Å². The van der Waals surface area contributed by atoms with E-state index in [-0.39, 0.29) is 33.1 Å². The molecule has 29 heavy (non-hydrogen) atoms. The fraction of sp³-hybridized carbons (Fsp3) is 0.150. The third-order valence-corrected chi connectivity index (χ3v) is 5.07. The van der Waals surface area contributed by atoms with Gasteiger partial charge >= 0.3 is 0 Å². The van der Waals surface area contributed by atoms with Crippen LogP contribution < -0.4 is 16.6 Å². The van der Waals surface area contributed by atoms with E-state index in [9.17, 15) is 18.8 Å². The number of fused-ring (bicyclic) bond motifs is 1. The van der Waals surface area contributed by atoms with Crippen molar-refractivity contribution in [3.63, 3.8) is 0 Å². The Labute approximate surface area is 175 Å². The SMILES string of the molecule is CC(C(N)=O)n1ccc2c(NC(=O)Cc3ccc(Cl)cc3F)c(Cl)ccc2c1=O. The van der Waals surface area contributed by atoms with E-state index in [1.165, 1.54) is 42.0 Å². The van der Waals surface area contributed by atoms with Gasteiger partial charge < -0.3 is 15.6 Å². The lowest BCUT2D eigenvalue weighted by Gasteiger charge is -2.15. The van der Waals surface area contributed by atoms with E-state index in [0.29, 0.717) is 5.39 Å². The molecule has 0 saturated heterocycles. The molecule has 0 spiro atoms. The van der Waals surface area contributed by atoms with Crippen LogP contribution in [0.4, 0.5) is 10.1 Å². The van der Waals surface area contributed by atoms with Gasteiger partial charge in [0.25, 0.3) is 5.56 Å². The summed E-state index contributed by atoms with van der Waals surface area (Å²) in [5.74, 6) is -1.77. The van der Waals surface area contributed by atoms with Crippen LogP contribution in [0.5, 0.6) is 0 Å². The van der Waals surface area contributed by atoms with E-state index >= 15 is 0 Å². The molecule has 0 aliphatic heterocycles. The Hall–Kier alpha value is -2.90. The molecule has 6 nitrogen and oxygen atoms in total. The molecular weight excluding hydrogens is 420 g/mol. The highest BCUT2D eigenvalue weighted by molar-refractivity contribution is 6.35. The van der Waals surface area contributed by atoms with Crippen LogP contribution in [0.3, 0.4) is 0 Å². The minimum Gasteiger partial charge on any atom is -0.368 e. The van der Waals surface area contributed by atoms with Crippen molar-refractivity contribution in [2.24, 2.45) is 5.73 Å². The summed E-state index contributed by atoms with van der Waals surface area (Å²) in [6.07, 6.45) is 1.16. The number of carbonyl (C=O) groups is 2. The second-order valence-corrected chi connectivity index (χ2v) is 7.29. The summed E-state index contributed by atoms with van der Waals surface area (Å²) in [6, 6.07) is 7.71. The zero-order valence-electron chi connectivity index (χ0n) is 15.2. The first-order valence-corrected chi connectivity index (χ1v) is 9.31. The van der Waals surface area contributed by atoms with Crippen molar-refractivity contribution in [2.45, 2.75) is 19.4 Å². The first-order valence-electron chi connectivity index (χ1n) is 8.55. The molecule has 0 fully saturated rings. The van der Waals surface area contributed by atoms with Crippen LogP contribution in [-0.2, 0) is 16.0 Å². The molecule has 0 bridgehead atoms. The lowest BCUT2D eigenvalue weighted by molar-refractivity contribution is -0.120. The highest BCUT2D eigenvalue weighted by atomic mass is 35.5. The minimum absolute atomic E-state index is 0.167. The summed E-state index contributed by atoms with van der Waals surface area (Å²) < 4.78 is 15.1. The molecule has 9 heteroatoms. The number of nitrogens with two attached hydrogens (primary N) is 1. The van der Waals surface area contributed by atoms with Crippen LogP contribution in [0.15, 0.2) is 47.4 Å². The number of carbonyl (C=O) groups excluding carboxylic acids is 2. The van der Waals surface area contributed by atoms with Gasteiger partial charge in [0.1, 0.15) is 11.9 Å². The van der Waals surface area contributed by atoms with Gasteiger partial charge in [0, 0.05) is 22.0 Å². The fourth-order valence-corrected chi connectivity index (χ4v) is 3.28. The maximum Gasteiger partial charge on any atom is 0.259 e. The lowest BCUT2D eigenvalue weighted by atomic mass is 10.1. The third-order valence-electron chi connectivity index (χ3n) is 4.52. The molecule has 2 aromatic carbocycles. The molecule has 150 valence electrons. The van der Waals surface area contributed by atoms with Gasteiger partial charge in [-0.15, -0.1) is 0 Å². The molecule has 1 aromatic heterocycles. The summed E-state index contributed by atoms with van der Waals surface area (Å²) in [5, 5.41) is 3.71. The number of halogens is 3. The van der Waals surface area contributed by atoms with Gasteiger partial charge in [0.05, 0.1) is 17.1 Å². The number of amides is 2. The normalized spacial score (nSPS) is 12.0. The second-order valence-electron chi connectivity index (χ2n) is 6.45. The predicted octanol–water partition coefficient (Wildman–Crippen LogP) is 3.67. The number of nitrogens with one attached hydrogen (secondary N) is 1. The lowest BCUT2D eigenvalue weighted by Crippen LogP contribution is -2.31. The van der Waals surface area contributed by atoms with Gasteiger partial charge in [-0.05, 0) is 42.8 Å². The Bertz CT molecular complexity index is 1190. The smallest absolute Gasteiger partial charge is 0.259 e. The summed E-state index contributed by atoms with van der Waals surface area (Å²) in [4.78, 5) is 36.6. The van der Waals surface area contributed by atoms with Gasteiger partial charge in [0.2, 0.25) is 11.8 Å². The van der Waals surface area contributed by atoms with Gasteiger partial charge in [0.15, 0.2) is 0 Å². The molecule has 0 aliphatic carbocycles. The molecular formula is C20H16Cl2FN3O3. The summed E-state index contributed by atoms with van der Waals surface area (Å²) in [7, 11) is 0. The summed E-state index contributed by atoms with van der Waals surface area (Å²) in [5.41, 5.74) is 5.22. The van der Waals surface area contributed by atoms with Crippen LogP contribution in [0.1, 0.15) is 18.5 Å². The number of nitrogens with zero attached hydrogens (tertiary/aromatic N) is 1. The van der Waals surface area contributed by atoms with Crippen molar-refractivity contribution in [3.05, 3.63) is 74.4 Å². The molecule has 0 aliphatic rings. The molecule has 1 heterocycles. The van der Waals surface area contributed by atoms with Crippen LogP contribution in [0.25, 0.3) is 10.8 Å². The Morgan fingerprint density at radius 2 is 1.90 bits per heavy atom. The number of pyridine rings is 1. The summed E-state index contributed by atoms with van der Waals surface area (Å²) in [6.45, 7) is 1.51. The number of aromatic nitrogens is 1. The highest BCUT2D eigenvalue weighted by Crippen LogP contribution is 2.30. The number of rotatable bonds is 5. The number of primary amides is 1. The standard InChI is InChI=1S/C20H16Cl2FN3O3/c1-10(19(24)28)26-7-6-13-14(20(26)29)4-5-15(22)18(13)25-17(27)8-11-2-3-12(21)9-16(11)23/h2-7,9-10H,8H2,1H3,(H2,24,28)(H,25,27). The fourth-order valence-electron chi connectivity index (χ4n) is 2.90. The van der Waals surface area contributed by atoms with Gasteiger partial charge in [-0.3, -0.25) is 14.4 Å². The van der Waals surface area contributed by atoms with Gasteiger partial charge in [-0.2, -0.15) is 0 Å².